The summed E-state index contributed by atoms with van der Waals surface area (Å²) >= 11 is 0. The van der Waals surface area contributed by atoms with Gasteiger partial charge in [0.2, 0.25) is 6.41 Å². The van der Waals surface area contributed by atoms with Gasteiger partial charge in [0.05, 0.1) is 11.9 Å². The largest absolute Gasteiger partial charge is 0.366 e. The van der Waals surface area contributed by atoms with Crippen LogP contribution >= 0.6 is 0 Å². The first kappa shape index (κ1) is 9.96. The van der Waals surface area contributed by atoms with Crippen LogP contribution in [0.3, 0.4) is 0 Å². The number of rotatable bonds is 2. The summed E-state index contributed by atoms with van der Waals surface area (Å²) in [7, 11) is 0. The summed E-state index contributed by atoms with van der Waals surface area (Å²) in [6, 6.07) is 4.26. The number of carbonyl (C=O) groups excluding carboxylic acids is 1. The Bertz CT molecular complexity index is 328. The lowest BCUT2D eigenvalue weighted by atomic mass is 10.2. The molecule has 1 atom stereocenters. The first-order valence-corrected chi connectivity index (χ1v) is 5.17. The summed E-state index contributed by atoms with van der Waals surface area (Å²) in [5.41, 5.74) is 1.13. The highest BCUT2D eigenvalue weighted by atomic mass is 16.1. The number of amides is 1. The topological polar surface area (TPSA) is 36.4 Å². The van der Waals surface area contributed by atoms with Gasteiger partial charge in [-0.3, -0.25) is 9.78 Å². The van der Waals surface area contributed by atoms with Gasteiger partial charge in [-0.2, -0.15) is 0 Å². The molecule has 1 saturated heterocycles. The molecule has 1 unspecified atom stereocenters. The van der Waals surface area contributed by atoms with Gasteiger partial charge >= 0.3 is 0 Å². The summed E-state index contributed by atoms with van der Waals surface area (Å²) in [5, 5.41) is 0. The Morgan fingerprint density at radius 3 is 3.00 bits per heavy atom. The van der Waals surface area contributed by atoms with Crippen molar-refractivity contribution in [1.82, 2.24) is 9.88 Å². The molecule has 2 heterocycles. The first-order chi connectivity index (χ1) is 7.31. The zero-order valence-electron chi connectivity index (χ0n) is 8.84. The summed E-state index contributed by atoms with van der Waals surface area (Å²) in [4.78, 5) is 18.9. The van der Waals surface area contributed by atoms with Crippen LogP contribution in [0.25, 0.3) is 0 Å². The molecule has 0 aromatic carbocycles. The maximum absolute atomic E-state index is 10.7. The SMILES string of the molecule is CC1CN(c2cccnc2)CCN1C=O. The molecule has 0 N–H and O–H groups in total. The summed E-state index contributed by atoms with van der Waals surface area (Å²) in [6.07, 6.45) is 4.57. The predicted molar refractivity (Wildman–Crippen MR) is 58.7 cm³/mol. The van der Waals surface area contributed by atoms with Gasteiger partial charge in [-0.25, -0.2) is 0 Å². The molecule has 1 aliphatic heterocycles. The van der Waals surface area contributed by atoms with E-state index in [1.54, 1.807) is 6.20 Å². The third kappa shape index (κ3) is 2.09. The van der Waals surface area contributed by atoms with Crippen molar-refractivity contribution in [1.29, 1.82) is 0 Å². The van der Waals surface area contributed by atoms with Gasteiger partial charge in [0, 0.05) is 31.9 Å². The molecule has 0 aliphatic carbocycles. The number of hydrogen-bond donors (Lipinski definition) is 0. The molecule has 80 valence electrons. The van der Waals surface area contributed by atoms with Gasteiger partial charge in [-0.15, -0.1) is 0 Å². The highest BCUT2D eigenvalue weighted by molar-refractivity contribution is 5.51. The fraction of sp³-hybridized carbons (Fsp3) is 0.455. The zero-order valence-corrected chi connectivity index (χ0v) is 8.84. The van der Waals surface area contributed by atoms with Gasteiger partial charge < -0.3 is 9.80 Å². The number of pyridine rings is 1. The molecule has 1 aromatic rings. The third-order valence-electron chi connectivity index (χ3n) is 2.83. The maximum Gasteiger partial charge on any atom is 0.210 e. The van der Waals surface area contributed by atoms with Gasteiger partial charge in [0.15, 0.2) is 0 Å². The average molecular weight is 205 g/mol. The Labute approximate surface area is 89.5 Å². The fourth-order valence-electron chi connectivity index (χ4n) is 1.90. The molecule has 1 aromatic heterocycles. The second-order valence-corrected chi connectivity index (χ2v) is 3.85. The molecule has 0 radical (unpaired) electrons. The van der Waals surface area contributed by atoms with Crippen LogP contribution in [0.5, 0.6) is 0 Å². The predicted octanol–water partition coefficient (Wildman–Crippen LogP) is 0.748. The van der Waals surface area contributed by atoms with E-state index in [1.165, 1.54) is 0 Å². The van der Waals surface area contributed by atoms with Crippen LogP contribution in [0.1, 0.15) is 6.92 Å². The van der Waals surface area contributed by atoms with E-state index in [4.69, 9.17) is 0 Å². The van der Waals surface area contributed by atoms with Crippen LogP contribution in [0.4, 0.5) is 5.69 Å². The molecule has 1 fully saturated rings. The lowest BCUT2D eigenvalue weighted by molar-refractivity contribution is -0.120. The maximum atomic E-state index is 10.7. The van der Waals surface area contributed by atoms with E-state index < -0.39 is 0 Å². The Kier molecular flexibility index (Phi) is 2.85. The number of aromatic nitrogens is 1. The smallest absolute Gasteiger partial charge is 0.210 e. The molecular formula is C11H15N3O. The lowest BCUT2D eigenvalue weighted by Gasteiger charge is -2.38. The van der Waals surface area contributed by atoms with Crippen molar-refractivity contribution < 1.29 is 4.79 Å². The molecule has 1 amide bonds. The normalized spacial score (nSPS) is 21.5. The number of carbonyl (C=O) groups is 1. The molecule has 0 saturated carbocycles. The van der Waals surface area contributed by atoms with Crippen LogP contribution in [0, 0.1) is 0 Å². The van der Waals surface area contributed by atoms with Crippen LogP contribution in [-0.4, -0.2) is 42.0 Å². The van der Waals surface area contributed by atoms with Crippen LogP contribution in [0.15, 0.2) is 24.5 Å². The quantitative estimate of drug-likeness (QED) is 0.668. The van der Waals surface area contributed by atoms with E-state index in [1.807, 2.05) is 17.2 Å². The van der Waals surface area contributed by atoms with E-state index in [9.17, 15) is 4.79 Å². The fourth-order valence-corrected chi connectivity index (χ4v) is 1.90. The standard InChI is InChI=1S/C11H15N3O/c1-10-8-13(5-6-14(10)9-15)11-3-2-4-12-7-11/h2-4,7,9-10H,5-6,8H2,1H3. The molecule has 15 heavy (non-hydrogen) atoms. The second-order valence-electron chi connectivity index (χ2n) is 3.85. The number of hydrogen-bond acceptors (Lipinski definition) is 3. The monoisotopic (exact) mass is 205 g/mol. The molecule has 1 aliphatic rings. The second kappa shape index (κ2) is 4.29. The minimum absolute atomic E-state index is 0.274. The highest BCUT2D eigenvalue weighted by Gasteiger charge is 2.22. The van der Waals surface area contributed by atoms with Gasteiger partial charge in [-0.05, 0) is 19.1 Å². The van der Waals surface area contributed by atoms with Crippen LogP contribution in [-0.2, 0) is 4.79 Å². The van der Waals surface area contributed by atoms with E-state index in [2.05, 4.69) is 22.9 Å². The van der Waals surface area contributed by atoms with E-state index in [0.717, 1.165) is 31.7 Å². The lowest BCUT2D eigenvalue weighted by Crippen LogP contribution is -2.51. The van der Waals surface area contributed by atoms with E-state index >= 15 is 0 Å². The van der Waals surface area contributed by atoms with Crippen molar-refractivity contribution in [3.05, 3.63) is 24.5 Å². The van der Waals surface area contributed by atoms with E-state index in [-0.39, 0.29) is 6.04 Å². The minimum atomic E-state index is 0.274. The summed E-state index contributed by atoms with van der Waals surface area (Å²) < 4.78 is 0. The molecular weight excluding hydrogens is 190 g/mol. The number of nitrogens with zero attached hydrogens (tertiary/aromatic N) is 3. The van der Waals surface area contributed by atoms with Crippen molar-refractivity contribution in [3.63, 3.8) is 0 Å². The Morgan fingerprint density at radius 2 is 2.40 bits per heavy atom. The van der Waals surface area contributed by atoms with Crippen molar-refractivity contribution in [2.45, 2.75) is 13.0 Å². The minimum Gasteiger partial charge on any atom is -0.366 e. The number of piperazine rings is 1. The number of anilines is 1. The zero-order chi connectivity index (χ0) is 10.7. The van der Waals surface area contributed by atoms with Crippen molar-refractivity contribution in [2.75, 3.05) is 24.5 Å². The van der Waals surface area contributed by atoms with Crippen LogP contribution < -0.4 is 4.90 Å². The Balaban J connectivity index is 2.06. The Hall–Kier alpha value is -1.58. The van der Waals surface area contributed by atoms with Gasteiger partial charge in [0.25, 0.3) is 0 Å². The van der Waals surface area contributed by atoms with Crippen molar-refractivity contribution >= 4 is 12.1 Å². The highest BCUT2D eigenvalue weighted by Crippen LogP contribution is 2.16. The van der Waals surface area contributed by atoms with E-state index in [0.29, 0.717) is 0 Å². The average Bonchev–Trinajstić information content (AvgIpc) is 2.30. The molecule has 0 bridgehead atoms. The third-order valence-corrected chi connectivity index (χ3v) is 2.83. The van der Waals surface area contributed by atoms with Gasteiger partial charge in [0.1, 0.15) is 0 Å². The molecule has 2 rings (SSSR count). The Morgan fingerprint density at radius 1 is 1.53 bits per heavy atom. The van der Waals surface area contributed by atoms with Gasteiger partial charge in [-0.1, -0.05) is 0 Å². The molecule has 0 spiro atoms. The van der Waals surface area contributed by atoms with Crippen molar-refractivity contribution in [3.8, 4) is 0 Å². The molecule has 4 heteroatoms. The van der Waals surface area contributed by atoms with Crippen LogP contribution in [0.2, 0.25) is 0 Å². The summed E-state index contributed by atoms with van der Waals surface area (Å²) in [6.45, 7) is 4.62. The first-order valence-electron chi connectivity index (χ1n) is 5.17. The van der Waals surface area contributed by atoms with Crippen molar-refractivity contribution in [2.24, 2.45) is 0 Å². The summed E-state index contributed by atoms with van der Waals surface area (Å²) in [5.74, 6) is 0. The molecule has 4 nitrogen and oxygen atoms in total.